The lowest BCUT2D eigenvalue weighted by Gasteiger charge is -2.09. The topological polar surface area (TPSA) is 75.0 Å². The van der Waals surface area contributed by atoms with Gasteiger partial charge in [0.25, 0.3) is 0 Å². The summed E-state index contributed by atoms with van der Waals surface area (Å²) in [5.41, 5.74) is 3.02. The van der Waals surface area contributed by atoms with E-state index in [0.29, 0.717) is 17.1 Å². The second-order valence-corrected chi connectivity index (χ2v) is 6.28. The number of aryl methyl sites for hydroxylation is 1. The fourth-order valence-electron chi connectivity index (χ4n) is 2.93. The van der Waals surface area contributed by atoms with E-state index in [2.05, 4.69) is 6.92 Å². The zero-order chi connectivity index (χ0) is 20.1. The average molecular weight is 382 g/mol. The van der Waals surface area contributed by atoms with E-state index in [1.807, 2.05) is 18.2 Å². The molecule has 0 aliphatic rings. The molecule has 6 nitrogen and oxygen atoms in total. The van der Waals surface area contributed by atoms with Crippen molar-refractivity contribution in [3.05, 3.63) is 59.4 Å². The molecule has 0 saturated carbocycles. The molecule has 28 heavy (non-hydrogen) atoms. The minimum Gasteiger partial charge on any atom is -0.493 e. The Bertz CT molecular complexity index is 1000. The largest absolute Gasteiger partial charge is 0.493 e. The lowest BCUT2D eigenvalue weighted by Crippen LogP contribution is -2.15. The SMILES string of the molecule is CCc1ccc2c(CC(=O)OCC(=O)c3ccc(OC)c(OC)c3)coc2c1. The third-order valence-electron chi connectivity index (χ3n) is 4.53. The first-order valence-electron chi connectivity index (χ1n) is 8.95. The maximum atomic E-state index is 12.3. The Morgan fingerprint density at radius 1 is 1.00 bits per heavy atom. The number of benzene rings is 2. The molecule has 0 aliphatic carbocycles. The van der Waals surface area contributed by atoms with Crippen LogP contribution in [0.2, 0.25) is 0 Å². The summed E-state index contributed by atoms with van der Waals surface area (Å²) in [4.78, 5) is 24.5. The molecule has 0 fully saturated rings. The van der Waals surface area contributed by atoms with Crippen molar-refractivity contribution in [2.24, 2.45) is 0 Å². The van der Waals surface area contributed by atoms with Gasteiger partial charge in [-0.2, -0.15) is 0 Å². The van der Waals surface area contributed by atoms with Crippen LogP contribution in [0.5, 0.6) is 11.5 Å². The lowest BCUT2D eigenvalue weighted by atomic mass is 10.1. The highest BCUT2D eigenvalue weighted by Crippen LogP contribution is 2.28. The smallest absolute Gasteiger partial charge is 0.310 e. The number of esters is 1. The van der Waals surface area contributed by atoms with Crippen LogP contribution >= 0.6 is 0 Å². The maximum absolute atomic E-state index is 12.3. The van der Waals surface area contributed by atoms with Crippen LogP contribution in [0.1, 0.15) is 28.4 Å². The van der Waals surface area contributed by atoms with Crippen LogP contribution in [0.3, 0.4) is 0 Å². The van der Waals surface area contributed by atoms with E-state index in [4.69, 9.17) is 18.6 Å². The van der Waals surface area contributed by atoms with Crippen LogP contribution < -0.4 is 9.47 Å². The van der Waals surface area contributed by atoms with E-state index in [0.717, 1.165) is 28.5 Å². The Morgan fingerprint density at radius 2 is 1.79 bits per heavy atom. The van der Waals surface area contributed by atoms with Gasteiger partial charge < -0.3 is 18.6 Å². The number of ketones is 1. The number of Topliss-reactive ketones (excluding diaryl/α,β-unsaturated/α-hetero) is 1. The summed E-state index contributed by atoms with van der Waals surface area (Å²) < 4.78 is 21.0. The molecule has 6 heteroatoms. The molecule has 3 aromatic rings. The minimum absolute atomic E-state index is 0.0394. The van der Waals surface area contributed by atoms with Gasteiger partial charge in [0, 0.05) is 16.5 Å². The van der Waals surface area contributed by atoms with Crippen LogP contribution in [0.15, 0.2) is 47.1 Å². The molecular formula is C22H22O6. The summed E-state index contributed by atoms with van der Waals surface area (Å²) >= 11 is 0. The van der Waals surface area contributed by atoms with Gasteiger partial charge in [0.1, 0.15) is 5.58 Å². The van der Waals surface area contributed by atoms with Crippen molar-refractivity contribution in [2.45, 2.75) is 19.8 Å². The minimum atomic E-state index is -0.490. The predicted molar refractivity (Wildman–Crippen MR) is 104 cm³/mol. The quantitative estimate of drug-likeness (QED) is 0.433. The van der Waals surface area contributed by atoms with Crippen molar-refractivity contribution in [1.82, 2.24) is 0 Å². The van der Waals surface area contributed by atoms with Gasteiger partial charge >= 0.3 is 5.97 Å². The van der Waals surface area contributed by atoms with Crippen LogP contribution in [0.25, 0.3) is 11.0 Å². The normalized spacial score (nSPS) is 10.7. The third-order valence-corrected chi connectivity index (χ3v) is 4.53. The second-order valence-electron chi connectivity index (χ2n) is 6.28. The Morgan fingerprint density at radius 3 is 2.50 bits per heavy atom. The summed E-state index contributed by atoms with van der Waals surface area (Å²) in [6.07, 6.45) is 2.51. The summed E-state index contributed by atoms with van der Waals surface area (Å²) in [6.45, 7) is 1.72. The van der Waals surface area contributed by atoms with Crippen molar-refractivity contribution in [3.63, 3.8) is 0 Å². The lowest BCUT2D eigenvalue weighted by molar-refractivity contribution is -0.141. The van der Waals surface area contributed by atoms with Gasteiger partial charge in [0.05, 0.1) is 26.9 Å². The zero-order valence-corrected chi connectivity index (χ0v) is 16.1. The van der Waals surface area contributed by atoms with Gasteiger partial charge in [0.2, 0.25) is 0 Å². The second kappa shape index (κ2) is 8.61. The number of fused-ring (bicyclic) bond motifs is 1. The molecule has 0 aliphatic heterocycles. The van der Waals surface area contributed by atoms with Crippen molar-refractivity contribution in [3.8, 4) is 11.5 Å². The molecule has 0 N–H and O–H groups in total. The zero-order valence-electron chi connectivity index (χ0n) is 16.1. The number of carbonyl (C=O) groups is 2. The average Bonchev–Trinajstić information content (AvgIpc) is 3.13. The molecule has 0 bridgehead atoms. The molecular weight excluding hydrogens is 360 g/mol. The molecule has 1 aromatic heterocycles. The Hall–Kier alpha value is -3.28. The summed E-state index contributed by atoms with van der Waals surface area (Å²) in [6, 6.07) is 10.7. The molecule has 0 saturated heterocycles. The van der Waals surface area contributed by atoms with Gasteiger partial charge in [-0.05, 0) is 36.2 Å². The number of ether oxygens (including phenoxy) is 3. The highest BCUT2D eigenvalue weighted by Gasteiger charge is 2.15. The molecule has 0 spiro atoms. The van der Waals surface area contributed by atoms with Gasteiger partial charge in [-0.25, -0.2) is 0 Å². The highest BCUT2D eigenvalue weighted by atomic mass is 16.5. The fourth-order valence-corrected chi connectivity index (χ4v) is 2.93. The summed E-state index contributed by atoms with van der Waals surface area (Å²) in [7, 11) is 3.01. The summed E-state index contributed by atoms with van der Waals surface area (Å²) in [5, 5.41) is 0.875. The van der Waals surface area contributed by atoms with Crippen molar-refractivity contribution < 1.29 is 28.2 Å². The molecule has 2 aromatic carbocycles. The van der Waals surface area contributed by atoms with Crippen molar-refractivity contribution >= 4 is 22.7 Å². The Labute approximate surface area is 163 Å². The molecule has 0 amide bonds. The predicted octanol–water partition coefficient (Wildman–Crippen LogP) is 3.98. The monoisotopic (exact) mass is 382 g/mol. The van der Waals surface area contributed by atoms with Crippen LogP contribution in [0, 0.1) is 0 Å². The summed E-state index contributed by atoms with van der Waals surface area (Å²) in [5.74, 6) is 0.153. The number of hydrogen-bond acceptors (Lipinski definition) is 6. The van der Waals surface area contributed by atoms with Gasteiger partial charge in [-0.3, -0.25) is 9.59 Å². The number of furan rings is 1. The van der Waals surface area contributed by atoms with E-state index in [1.54, 1.807) is 24.5 Å². The molecule has 0 radical (unpaired) electrons. The maximum Gasteiger partial charge on any atom is 0.310 e. The third kappa shape index (κ3) is 4.17. The first-order chi connectivity index (χ1) is 13.5. The van der Waals surface area contributed by atoms with Gasteiger partial charge in [-0.1, -0.05) is 19.1 Å². The molecule has 0 atom stereocenters. The Kier molecular flexibility index (Phi) is 5.99. The van der Waals surface area contributed by atoms with E-state index in [-0.39, 0.29) is 18.8 Å². The van der Waals surface area contributed by atoms with Gasteiger partial charge in [0.15, 0.2) is 23.9 Å². The first kappa shape index (κ1) is 19.5. The van der Waals surface area contributed by atoms with Gasteiger partial charge in [-0.15, -0.1) is 0 Å². The number of hydrogen-bond donors (Lipinski definition) is 0. The van der Waals surface area contributed by atoms with Crippen molar-refractivity contribution in [2.75, 3.05) is 20.8 Å². The molecule has 0 unspecified atom stereocenters. The van der Waals surface area contributed by atoms with Crippen LogP contribution in [0.4, 0.5) is 0 Å². The molecule has 1 heterocycles. The fraction of sp³-hybridized carbons (Fsp3) is 0.273. The van der Waals surface area contributed by atoms with Crippen LogP contribution in [-0.4, -0.2) is 32.6 Å². The standard InChI is InChI=1S/C22H22O6/c1-4-14-5-7-17-16(12-27-20(17)9-14)11-22(24)28-13-18(23)15-6-8-19(25-2)21(10-15)26-3/h5-10,12H,4,11,13H2,1-3H3. The van der Waals surface area contributed by atoms with Crippen LogP contribution in [-0.2, 0) is 22.4 Å². The number of methoxy groups -OCH3 is 2. The van der Waals surface area contributed by atoms with E-state index < -0.39 is 5.97 Å². The first-order valence-corrected chi connectivity index (χ1v) is 8.95. The van der Waals surface area contributed by atoms with E-state index >= 15 is 0 Å². The Balaban J connectivity index is 1.62. The van der Waals surface area contributed by atoms with Crippen molar-refractivity contribution in [1.29, 1.82) is 0 Å². The molecule has 146 valence electrons. The number of rotatable bonds is 8. The molecule has 3 rings (SSSR count). The van der Waals surface area contributed by atoms with E-state index in [1.165, 1.54) is 14.2 Å². The number of carbonyl (C=O) groups excluding carboxylic acids is 2. The van der Waals surface area contributed by atoms with E-state index in [9.17, 15) is 9.59 Å². The highest BCUT2D eigenvalue weighted by molar-refractivity contribution is 5.98.